The smallest absolute Gasteiger partial charge is 0.327 e. The van der Waals surface area contributed by atoms with E-state index in [1.54, 1.807) is 6.20 Å². The summed E-state index contributed by atoms with van der Waals surface area (Å²) in [4.78, 5) is 54.0. The second kappa shape index (κ2) is 15.4. The zero-order chi connectivity index (χ0) is 28.2. The summed E-state index contributed by atoms with van der Waals surface area (Å²) >= 11 is 4.01. The number of carboxylic acid groups (broad SMARTS) is 1. The van der Waals surface area contributed by atoms with Crippen LogP contribution in [0.25, 0.3) is 10.9 Å². The third kappa shape index (κ3) is 8.74. The predicted molar refractivity (Wildman–Crippen MR) is 150 cm³/mol. The number of nitrogens with one attached hydrogen (secondary N) is 4. The van der Waals surface area contributed by atoms with Crippen molar-refractivity contribution in [2.75, 3.05) is 12.3 Å². The van der Waals surface area contributed by atoms with Crippen LogP contribution in [0.15, 0.2) is 30.5 Å². The number of amides is 3. The Balaban J connectivity index is 2.27. The molecule has 210 valence electrons. The Morgan fingerprint density at radius 1 is 1.03 bits per heavy atom. The van der Waals surface area contributed by atoms with Crippen LogP contribution in [-0.4, -0.2) is 70.2 Å². The minimum absolute atomic E-state index is 0.0975. The standard InChI is InChI=1S/C26H40N6O5S/c1-3-15(2)22(32-23(33)18(28)9-6-7-11-27)25(35)30-20(24(34)31-21(14-38)26(36)37)12-16-13-29-19-10-5-4-8-17(16)19/h4-5,8,10,13,15,18,20-22,29,38H,3,6-7,9,11-12,14,27-28H2,1-2H3,(H,30,35)(H,31,34)(H,32,33)(H,36,37). The van der Waals surface area contributed by atoms with Gasteiger partial charge in [0, 0.05) is 29.3 Å². The number of benzene rings is 1. The molecule has 0 saturated carbocycles. The molecule has 1 aromatic heterocycles. The average Bonchev–Trinajstić information content (AvgIpc) is 3.31. The molecule has 0 radical (unpaired) electrons. The molecule has 0 bridgehead atoms. The van der Waals surface area contributed by atoms with Gasteiger partial charge < -0.3 is 37.5 Å². The molecule has 0 spiro atoms. The maximum Gasteiger partial charge on any atom is 0.327 e. The van der Waals surface area contributed by atoms with Gasteiger partial charge in [0.2, 0.25) is 17.7 Å². The molecule has 1 heterocycles. The summed E-state index contributed by atoms with van der Waals surface area (Å²) in [5.74, 6) is -3.30. The number of rotatable bonds is 16. The number of H-pyrrole nitrogens is 1. The lowest BCUT2D eigenvalue weighted by Gasteiger charge is -2.28. The molecule has 3 amide bonds. The van der Waals surface area contributed by atoms with Gasteiger partial charge in [0.05, 0.1) is 6.04 Å². The van der Waals surface area contributed by atoms with Gasteiger partial charge in [-0.3, -0.25) is 14.4 Å². The second-order valence-electron chi connectivity index (χ2n) is 9.47. The van der Waals surface area contributed by atoms with E-state index in [1.165, 1.54) is 0 Å². The summed E-state index contributed by atoms with van der Waals surface area (Å²) in [7, 11) is 0. The first kappa shape index (κ1) is 31.1. The average molecular weight is 549 g/mol. The first-order chi connectivity index (χ1) is 18.1. The molecule has 0 saturated heterocycles. The topological polar surface area (TPSA) is 192 Å². The second-order valence-corrected chi connectivity index (χ2v) is 9.83. The number of nitrogens with two attached hydrogens (primary N) is 2. The van der Waals surface area contributed by atoms with Crippen LogP contribution in [0, 0.1) is 5.92 Å². The van der Waals surface area contributed by atoms with Gasteiger partial charge in [-0.2, -0.15) is 12.6 Å². The van der Waals surface area contributed by atoms with Crippen molar-refractivity contribution in [1.82, 2.24) is 20.9 Å². The molecule has 5 unspecified atom stereocenters. The highest BCUT2D eigenvalue weighted by molar-refractivity contribution is 7.80. The number of carbonyl (C=O) groups excluding carboxylic acids is 3. The van der Waals surface area contributed by atoms with Crippen molar-refractivity contribution in [3.8, 4) is 0 Å². The number of aromatic amines is 1. The quantitative estimate of drug-likeness (QED) is 0.112. The highest BCUT2D eigenvalue weighted by Crippen LogP contribution is 2.20. The molecule has 2 aromatic rings. The van der Waals surface area contributed by atoms with E-state index in [1.807, 2.05) is 38.1 Å². The van der Waals surface area contributed by atoms with E-state index in [0.717, 1.165) is 22.9 Å². The SMILES string of the molecule is CCC(C)C(NC(=O)C(N)CCCCN)C(=O)NC(Cc1c[nH]c2ccccc12)C(=O)NC(CS)C(=O)O. The van der Waals surface area contributed by atoms with Gasteiger partial charge in [-0.25, -0.2) is 4.79 Å². The van der Waals surface area contributed by atoms with Crippen molar-refractivity contribution in [1.29, 1.82) is 0 Å². The predicted octanol–water partition coefficient (Wildman–Crippen LogP) is 0.682. The largest absolute Gasteiger partial charge is 0.480 e. The summed E-state index contributed by atoms with van der Waals surface area (Å²) in [6, 6.07) is 3.44. The van der Waals surface area contributed by atoms with Crippen LogP contribution in [0.5, 0.6) is 0 Å². The lowest BCUT2D eigenvalue weighted by atomic mass is 9.96. The number of para-hydroxylation sites is 1. The van der Waals surface area contributed by atoms with E-state index < -0.39 is 47.9 Å². The molecule has 12 heteroatoms. The fourth-order valence-corrected chi connectivity index (χ4v) is 4.30. The first-order valence-electron chi connectivity index (χ1n) is 12.9. The number of thiol groups is 1. The number of fused-ring (bicyclic) bond motifs is 1. The van der Waals surface area contributed by atoms with Crippen LogP contribution in [0.4, 0.5) is 0 Å². The van der Waals surface area contributed by atoms with Gasteiger partial charge in [0.25, 0.3) is 0 Å². The highest BCUT2D eigenvalue weighted by Gasteiger charge is 2.32. The molecule has 1 aromatic carbocycles. The molecule has 38 heavy (non-hydrogen) atoms. The van der Waals surface area contributed by atoms with Crippen LogP contribution in [0.1, 0.15) is 45.1 Å². The molecular formula is C26H40N6O5S. The lowest BCUT2D eigenvalue weighted by Crippen LogP contribution is -2.59. The normalized spacial score (nSPS) is 15.2. The number of carbonyl (C=O) groups is 4. The summed E-state index contributed by atoms with van der Waals surface area (Å²) in [5.41, 5.74) is 13.2. The Kier molecular flexibility index (Phi) is 12.6. The first-order valence-corrected chi connectivity index (χ1v) is 13.5. The van der Waals surface area contributed by atoms with Crippen molar-refractivity contribution in [2.24, 2.45) is 17.4 Å². The summed E-state index contributed by atoms with van der Waals surface area (Å²) in [5, 5.41) is 18.2. The van der Waals surface area contributed by atoms with Crippen LogP contribution in [-0.2, 0) is 25.6 Å². The van der Waals surface area contributed by atoms with Crippen molar-refractivity contribution >= 4 is 47.2 Å². The Hall–Kier alpha value is -3.09. The molecule has 0 fully saturated rings. The Morgan fingerprint density at radius 3 is 2.34 bits per heavy atom. The number of hydrogen-bond acceptors (Lipinski definition) is 7. The van der Waals surface area contributed by atoms with Crippen molar-refractivity contribution < 1.29 is 24.3 Å². The van der Waals surface area contributed by atoms with Gasteiger partial charge in [-0.05, 0) is 36.9 Å². The van der Waals surface area contributed by atoms with Crippen LogP contribution < -0.4 is 27.4 Å². The molecule has 0 aliphatic carbocycles. The third-order valence-electron chi connectivity index (χ3n) is 6.63. The van der Waals surface area contributed by atoms with Gasteiger partial charge in [0.15, 0.2) is 0 Å². The van der Waals surface area contributed by atoms with E-state index in [2.05, 4.69) is 33.6 Å². The lowest BCUT2D eigenvalue weighted by molar-refractivity contribution is -0.141. The maximum absolute atomic E-state index is 13.5. The molecule has 0 aliphatic rings. The van der Waals surface area contributed by atoms with Gasteiger partial charge in [0.1, 0.15) is 18.1 Å². The van der Waals surface area contributed by atoms with Crippen LogP contribution >= 0.6 is 12.6 Å². The molecule has 0 aliphatic heterocycles. The van der Waals surface area contributed by atoms with Crippen LogP contribution in [0.3, 0.4) is 0 Å². The fourth-order valence-electron chi connectivity index (χ4n) is 4.05. The van der Waals surface area contributed by atoms with Crippen LogP contribution in [0.2, 0.25) is 0 Å². The molecule has 9 N–H and O–H groups in total. The molecule has 2 rings (SSSR count). The Bertz CT molecular complexity index is 1090. The summed E-state index contributed by atoms with van der Waals surface area (Å²) in [6.45, 7) is 4.21. The number of aromatic nitrogens is 1. The Labute approximate surface area is 228 Å². The maximum atomic E-state index is 13.5. The minimum atomic E-state index is -1.24. The molecular weight excluding hydrogens is 508 g/mol. The fraction of sp³-hybridized carbons (Fsp3) is 0.538. The third-order valence-corrected chi connectivity index (χ3v) is 6.99. The van der Waals surface area contributed by atoms with E-state index in [4.69, 9.17) is 11.5 Å². The highest BCUT2D eigenvalue weighted by atomic mass is 32.1. The van der Waals surface area contributed by atoms with E-state index in [-0.39, 0.29) is 18.1 Å². The number of hydrogen-bond donors (Lipinski definition) is 8. The Morgan fingerprint density at radius 2 is 1.71 bits per heavy atom. The van der Waals surface area contributed by atoms with Gasteiger partial charge in [-0.15, -0.1) is 0 Å². The zero-order valence-electron chi connectivity index (χ0n) is 21.9. The van der Waals surface area contributed by atoms with Crippen molar-refractivity contribution in [2.45, 2.75) is 70.1 Å². The van der Waals surface area contributed by atoms with Crippen molar-refractivity contribution in [3.63, 3.8) is 0 Å². The number of unbranched alkanes of at least 4 members (excludes halogenated alkanes) is 1. The van der Waals surface area contributed by atoms with Crippen molar-refractivity contribution in [3.05, 3.63) is 36.0 Å². The monoisotopic (exact) mass is 548 g/mol. The zero-order valence-corrected chi connectivity index (χ0v) is 22.8. The summed E-state index contributed by atoms with van der Waals surface area (Å²) in [6.07, 6.45) is 4.29. The summed E-state index contributed by atoms with van der Waals surface area (Å²) < 4.78 is 0. The van der Waals surface area contributed by atoms with Gasteiger partial charge >= 0.3 is 5.97 Å². The van der Waals surface area contributed by atoms with Gasteiger partial charge in [-0.1, -0.05) is 44.9 Å². The number of carboxylic acids is 1. The minimum Gasteiger partial charge on any atom is -0.480 e. The molecule has 11 nitrogen and oxygen atoms in total. The van der Waals surface area contributed by atoms with E-state index in [0.29, 0.717) is 25.8 Å². The molecule has 5 atom stereocenters. The van der Waals surface area contributed by atoms with E-state index >= 15 is 0 Å². The van der Waals surface area contributed by atoms with E-state index in [9.17, 15) is 24.3 Å². The number of aliphatic carboxylic acids is 1.